The Morgan fingerprint density at radius 3 is 2.57 bits per heavy atom. The summed E-state index contributed by atoms with van der Waals surface area (Å²) in [7, 11) is 1.50. The third-order valence-corrected chi connectivity index (χ3v) is 2.82. The molecule has 1 amide bonds. The number of nitrogens with zero attached hydrogens (tertiary/aromatic N) is 2. The second-order valence-electron chi connectivity index (χ2n) is 4.25. The number of aryl methyl sites for hydroxylation is 1. The van der Waals surface area contributed by atoms with Crippen molar-refractivity contribution in [2.75, 3.05) is 11.9 Å². The molecular formula is C14H15N3O4. The van der Waals surface area contributed by atoms with Crippen molar-refractivity contribution in [3.05, 3.63) is 41.7 Å². The van der Waals surface area contributed by atoms with Gasteiger partial charge in [0.15, 0.2) is 5.69 Å². The van der Waals surface area contributed by atoms with Gasteiger partial charge in [0.2, 0.25) is 0 Å². The van der Waals surface area contributed by atoms with E-state index in [1.165, 1.54) is 17.9 Å². The minimum Gasteiger partial charge on any atom is -0.494 e. The summed E-state index contributed by atoms with van der Waals surface area (Å²) in [4.78, 5) is 23.2. The maximum absolute atomic E-state index is 12.1. The van der Waals surface area contributed by atoms with E-state index < -0.39 is 11.9 Å². The molecule has 0 aliphatic carbocycles. The van der Waals surface area contributed by atoms with Crippen molar-refractivity contribution >= 4 is 17.6 Å². The first-order chi connectivity index (χ1) is 10.0. The van der Waals surface area contributed by atoms with E-state index in [2.05, 4.69) is 10.4 Å². The van der Waals surface area contributed by atoms with E-state index in [0.717, 1.165) is 0 Å². The third kappa shape index (κ3) is 3.19. The van der Waals surface area contributed by atoms with E-state index in [1.54, 1.807) is 24.3 Å². The molecule has 0 saturated carbocycles. The Hall–Kier alpha value is -2.83. The highest BCUT2D eigenvalue weighted by molar-refractivity contribution is 6.07. The molecule has 0 fully saturated rings. The summed E-state index contributed by atoms with van der Waals surface area (Å²) in [6.45, 7) is 2.42. The van der Waals surface area contributed by atoms with Gasteiger partial charge in [-0.3, -0.25) is 9.48 Å². The van der Waals surface area contributed by atoms with Gasteiger partial charge in [-0.15, -0.1) is 0 Å². The number of amides is 1. The standard InChI is InChI=1S/C14H15N3O4/c1-3-21-10-6-4-9(5-7-10)13(18)16-11-8-15-17(2)12(11)14(19)20/h4-8H,3H2,1-2H3,(H,16,18)(H,19,20). The molecule has 1 aromatic carbocycles. The molecule has 21 heavy (non-hydrogen) atoms. The third-order valence-electron chi connectivity index (χ3n) is 2.82. The van der Waals surface area contributed by atoms with Crippen LogP contribution < -0.4 is 10.1 Å². The minimum absolute atomic E-state index is 0.0747. The summed E-state index contributed by atoms with van der Waals surface area (Å²) >= 11 is 0. The molecular weight excluding hydrogens is 274 g/mol. The molecule has 110 valence electrons. The van der Waals surface area contributed by atoms with Crippen LogP contribution in [0.3, 0.4) is 0 Å². The van der Waals surface area contributed by atoms with E-state index >= 15 is 0 Å². The van der Waals surface area contributed by atoms with Crippen molar-refractivity contribution in [3.63, 3.8) is 0 Å². The van der Waals surface area contributed by atoms with E-state index in [1.807, 2.05) is 6.92 Å². The highest BCUT2D eigenvalue weighted by Gasteiger charge is 2.18. The van der Waals surface area contributed by atoms with Crippen LogP contribution in [0.1, 0.15) is 27.8 Å². The van der Waals surface area contributed by atoms with E-state index in [0.29, 0.717) is 17.9 Å². The lowest BCUT2D eigenvalue weighted by Gasteiger charge is -2.06. The average Bonchev–Trinajstić information content (AvgIpc) is 2.81. The Labute approximate surface area is 121 Å². The first-order valence-corrected chi connectivity index (χ1v) is 6.32. The van der Waals surface area contributed by atoms with E-state index in [-0.39, 0.29) is 11.4 Å². The Bertz CT molecular complexity index is 661. The van der Waals surface area contributed by atoms with E-state index in [9.17, 15) is 9.59 Å². The van der Waals surface area contributed by atoms with Gasteiger partial charge in [0.05, 0.1) is 18.5 Å². The average molecular weight is 289 g/mol. The number of nitrogens with one attached hydrogen (secondary N) is 1. The number of carbonyl (C=O) groups is 2. The van der Waals surface area contributed by atoms with Gasteiger partial charge >= 0.3 is 5.97 Å². The number of carboxylic acid groups (broad SMARTS) is 1. The summed E-state index contributed by atoms with van der Waals surface area (Å²) in [6, 6.07) is 6.58. The van der Waals surface area contributed by atoms with Gasteiger partial charge in [-0.05, 0) is 31.2 Å². The van der Waals surface area contributed by atoms with Crippen molar-refractivity contribution in [1.82, 2.24) is 9.78 Å². The number of hydrogen-bond donors (Lipinski definition) is 2. The number of aromatic nitrogens is 2. The van der Waals surface area contributed by atoms with Crippen molar-refractivity contribution in [3.8, 4) is 5.75 Å². The van der Waals surface area contributed by atoms with Crippen molar-refractivity contribution in [1.29, 1.82) is 0 Å². The number of carboxylic acids is 1. The molecule has 0 aliphatic heterocycles. The molecule has 0 radical (unpaired) electrons. The smallest absolute Gasteiger partial charge is 0.356 e. The maximum atomic E-state index is 12.1. The zero-order chi connectivity index (χ0) is 15.4. The highest BCUT2D eigenvalue weighted by Crippen LogP contribution is 2.17. The van der Waals surface area contributed by atoms with Crippen LogP contribution in [-0.4, -0.2) is 33.4 Å². The predicted molar refractivity (Wildman–Crippen MR) is 75.7 cm³/mol. The van der Waals surface area contributed by atoms with Gasteiger partial charge in [-0.1, -0.05) is 0 Å². The van der Waals surface area contributed by atoms with E-state index in [4.69, 9.17) is 9.84 Å². The fourth-order valence-electron chi connectivity index (χ4n) is 1.85. The zero-order valence-electron chi connectivity index (χ0n) is 11.7. The van der Waals surface area contributed by atoms with Crippen LogP contribution in [0, 0.1) is 0 Å². The number of anilines is 1. The molecule has 2 aromatic rings. The Morgan fingerprint density at radius 1 is 1.33 bits per heavy atom. The van der Waals surface area contributed by atoms with Crippen LogP contribution in [0.2, 0.25) is 0 Å². The molecule has 2 N–H and O–H groups in total. The normalized spacial score (nSPS) is 10.2. The first kappa shape index (κ1) is 14.6. The van der Waals surface area contributed by atoms with Gasteiger partial charge < -0.3 is 15.2 Å². The largest absolute Gasteiger partial charge is 0.494 e. The topological polar surface area (TPSA) is 93.5 Å². The molecule has 0 atom stereocenters. The SMILES string of the molecule is CCOc1ccc(C(=O)Nc2cnn(C)c2C(=O)O)cc1. The Kier molecular flexibility index (Phi) is 4.22. The number of hydrogen-bond acceptors (Lipinski definition) is 4. The van der Waals surface area contributed by atoms with Gasteiger partial charge in [-0.2, -0.15) is 5.10 Å². The zero-order valence-corrected chi connectivity index (χ0v) is 11.7. The monoisotopic (exact) mass is 289 g/mol. The molecule has 0 saturated heterocycles. The second-order valence-corrected chi connectivity index (χ2v) is 4.25. The van der Waals surface area contributed by atoms with Crippen LogP contribution in [0.15, 0.2) is 30.5 Å². The summed E-state index contributed by atoms with van der Waals surface area (Å²) < 4.78 is 6.48. The number of ether oxygens (including phenoxy) is 1. The quantitative estimate of drug-likeness (QED) is 0.875. The Morgan fingerprint density at radius 2 is 2.00 bits per heavy atom. The summed E-state index contributed by atoms with van der Waals surface area (Å²) in [5, 5.41) is 15.4. The highest BCUT2D eigenvalue weighted by atomic mass is 16.5. The second kappa shape index (κ2) is 6.08. The van der Waals surface area contributed by atoms with Crippen LogP contribution in [0.4, 0.5) is 5.69 Å². The predicted octanol–water partition coefficient (Wildman–Crippen LogP) is 1.77. The lowest BCUT2D eigenvalue weighted by molar-refractivity contribution is 0.0686. The van der Waals surface area contributed by atoms with Crippen LogP contribution in [0.5, 0.6) is 5.75 Å². The molecule has 2 rings (SSSR count). The number of rotatable bonds is 5. The first-order valence-electron chi connectivity index (χ1n) is 6.32. The van der Waals surface area contributed by atoms with Crippen molar-refractivity contribution in [2.45, 2.75) is 6.92 Å². The number of carbonyl (C=O) groups excluding carboxylic acids is 1. The molecule has 0 bridgehead atoms. The molecule has 7 heteroatoms. The van der Waals surface area contributed by atoms with Crippen LogP contribution >= 0.6 is 0 Å². The van der Waals surface area contributed by atoms with Gasteiger partial charge in [0.25, 0.3) is 5.91 Å². The summed E-state index contributed by atoms with van der Waals surface area (Å²) in [6.07, 6.45) is 1.30. The van der Waals surface area contributed by atoms with Crippen molar-refractivity contribution in [2.24, 2.45) is 7.05 Å². The van der Waals surface area contributed by atoms with Gasteiger partial charge in [0, 0.05) is 12.6 Å². The number of aromatic carboxylic acids is 1. The molecule has 0 spiro atoms. The van der Waals surface area contributed by atoms with Crippen LogP contribution in [-0.2, 0) is 7.05 Å². The lowest BCUT2D eigenvalue weighted by Crippen LogP contribution is -2.15. The molecule has 1 heterocycles. The van der Waals surface area contributed by atoms with Gasteiger partial charge in [-0.25, -0.2) is 4.79 Å². The summed E-state index contributed by atoms with van der Waals surface area (Å²) in [5.41, 5.74) is 0.483. The van der Waals surface area contributed by atoms with Gasteiger partial charge in [0.1, 0.15) is 5.75 Å². The molecule has 1 aromatic heterocycles. The maximum Gasteiger partial charge on any atom is 0.356 e. The Balaban J connectivity index is 2.16. The van der Waals surface area contributed by atoms with Crippen molar-refractivity contribution < 1.29 is 19.4 Å². The molecule has 7 nitrogen and oxygen atoms in total. The molecule has 0 unspecified atom stereocenters. The fraction of sp³-hybridized carbons (Fsp3) is 0.214. The minimum atomic E-state index is -1.16. The van der Waals surface area contributed by atoms with Crippen LogP contribution in [0.25, 0.3) is 0 Å². The number of benzene rings is 1. The fourth-order valence-corrected chi connectivity index (χ4v) is 1.85. The lowest BCUT2D eigenvalue weighted by atomic mass is 10.2. The molecule has 0 aliphatic rings. The summed E-state index contributed by atoms with van der Waals surface area (Å²) in [5.74, 6) is -0.896.